The Hall–Kier alpha value is -0.200. The number of nitrogens with zero attached hydrogens (tertiary/aromatic N) is 1. The van der Waals surface area contributed by atoms with Crippen molar-refractivity contribution in [3.8, 4) is 6.07 Å². The van der Waals surface area contributed by atoms with Crippen LogP contribution < -0.4 is 5.32 Å². The first kappa shape index (κ1) is 12.9. The van der Waals surface area contributed by atoms with Crippen LogP contribution >= 0.6 is 11.8 Å². The Morgan fingerprint density at radius 3 is 2.33 bits per heavy atom. The molecule has 1 unspecified atom stereocenters. The van der Waals surface area contributed by atoms with Crippen LogP contribution in [-0.2, 0) is 0 Å². The first-order valence-electron chi connectivity index (χ1n) is 5.80. The molecule has 0 saturated heterocycles. The second-order valence-electron chi connectivity index (χ2n) is 5.02. The lowest BCUT2D eigenvalue weighted by Crippen LogP contribution is -2.51. The standard InChI is InChI=1S/C12H22N2S/c1-9(2)14-12(7-13,11-5-6-11)8-15-10(3)4/h9-11,14H,5-6,8H2,1-4H3. The molecule has 1 aliphatic rings. The van der Waals surface area contributed by atoms with Gasteiger partial charge in [0.15, 0.2) is 0 Å². The molecule has 0 aliphatic heterocycles. The van der Waals surface area contributed by atoms with E-state index in [4.69, 9.17) is 0 Å². The molecule has 15 heavy (non-hydrogen) atoms. The Balaban J connectivity index is 2.62. The molecule has 1 N–H and O–H groups in total. The van der Waals surface area contributed by atoms with Crippen LogP contribution in [0.2, 0.25) is 0 Å². The van der Waals surface area contributed by atoms with Crippen molar-refractivity contribution >= 4 is 11.8 Å². The molecule has 0 spiro atoms. The summed E-state index contributed by atoms with van der Waals surface area (Å²) in [5.41, 5.74) is -0.275. The highest BCUT2D eigenvalue weighted by Crippen LogP contribution is 2.41. The number of nitriles is 1. The van der Waals surface area contributed by atoms with Gasteiger partial charge in [0.2, 0.25) is 0 Å². The second kappa shape index (κ2) is 5.23. The SMILES string of the molecule is CC(C)NC(C#N)(CSC(C)C)C1CC1. The fraction of sp³-hybridized carbons (Fsp3) is 0.917. The van der Waals surface area contributed by atoms with Crippen LogP contribution in [0, 0.1) is 17.2 Å². The molecular weight excluding hydrogens is 204 g/mol. The molecule has 1 aliphatic carbocycles. The Morgan fingerprint density at radius 1 is 1.40 bits per heavy atom. The van der Waals surface area contributed by atoms with Crippen LogP contribution in [0.1, 0.15) is 40.5 Å². The van der Waals surface area contributed by atoms with Crippen LogP contribution in [0.15, 0.2) is 0 Å². The number of hydrogen-bond donors (Lipinski definition) is 1. The highest BCUT2D eigenvalue weighted by Gasteiger charge is 2.45. The monoisotopic (exact) mass is 226 g/mol. The lowest BCUT2D eigenvalue weighted by molar-refractivity contribution is 0.370. The summed E-state index contributed by atoms with van der Waals surface area (Å²) in [7, 11) is 0. The smallest absolute Gasteiger partial charge is 0.118 e. The Labute approximate surface area is 97.8 Å². The van der Waals surface area contributed by atoms with E-state index < -0.39 is 0 Å². The van der Waals surface area contributed by atoms with E-state index in [1.807, 2.05) is 11.8 Å². The molecule has 1 fully saturated rings. The molecule has 86 valence electrons. The average Bonchev–Trinajstić information content (AvgIpc) is 2.94. The third kappa shape index (κ3) is 3.70. The highest BCUT2D eigenvalue weighted by atomic mass is 32.2. The van der Waals surface area contributed by atoms with Crippen molar-refractivity contribution in [1.82, 2.24) is 5.32 Å². The predicted molar refractivity (Wildman–Crippen MR) is 66.9 cm³/mol. The average molecular weight is 226 g/mol. The first-order chi connectivity index (χ1) is 7.00. The molecule has 2 nitrogen and oxygen atoms in total. The summed E-state index contributed by atoms with van der Waals surface area (Å²) in [4.78, 5) is 0. The molecule has 0 bridgehead atoms. The molecule has 1 atom stereocenters. The van der Waals surface area contributed by atoms with Crippen molar-refractivity contribution in [3.05, 3.63) is 0 Å². The third-order valence-electron chi connectivity index (χ3n) is 2.66. The van der Waals surface area contributed by atoms with Crippen LogP contribution in [0.25, 0.3) is 0 Å². The zero-order valence-electron chi connectivity index (χ0n) is 10.2. The maximum Gasteiger partial charge on any atom is 0.118 e. The molecule has 1 saturated carbocycles. The molecule has 0 aromatic rings. The van der Waals surface area contributed by atoms with Gasteiger partial charge in [0.1, 0.15) is 5.54 Å². The van der Waals surface area contributed by atoms with Crippen molar-refractivity contribution in [1.29, 1.82) is 5.26 Å². The van der Waals surface area contributed by atoms with Crippen molar-refractivity contribution in [2.75, 3.05) is 5.75 Å². The van der Waals surface area contributed by atoms with E-state index in [0.29, 0.717) is 17.2 Å². The van der Waals surface area contributed by atoms with Crippen molar-refractivity contribution in [2.45, 2.75) is 57.4 Å². The largest absolute Gasteiger partial charge is 0.296 e. The quantitative estimate of drug-likeness (QED) is 0.756. The Bertz CT molecular complexity index is 240. The molecule has 0 amide bonds. The van der Waals surface area contributed by atoms with Gasteiger partial charge in [-0.1, -0.05) is 13.8 Å². The highest BCUT2D eigenvalue weighted by molar-refractivity contribution is 7.99. The van der Waals surface area contributed by atoms with Crippen molar-refractivity contribution in [3.63, 3.8) is 0 Å². The normalized spacial score (nSPS) is 20.3. The zero-order valence-corrected chi connectivity index (χ0v) is 11.0. The zero-order chi connectivity index (χ0) is 11.5. The van der Waals surface area contributed by atoms with Crippen molar-refractivity contribution in [2.24, 2.45) is 5.92 Å². The molecule has 0 heterocycles. The van der Waals surface area contributed by atoms with E-state index in [9.17, 15) is 5.26 Å². The van der Waals surface area contributed by atoms with E-state index in [0.717, 1.165) is 5.75 Å². The number of rotatable bonds is 6. The Kier molecular flexibility index (Phi) is 4.48. The topological polar surface area (TPSA) is 35.8 Å². The summed E-state index contributed by atoms with van der Waals surface area (Å²) in [6.45, 7) is 8.62. The van der Waals surface area contributed by atoms with Gasteiger partial charge in [-0.2, -0.15) is 17.0 Å². The fourth-order valence-electron chi connectivity index (χ4n) is 1.82. The number of thioether (sulfide) groups is 1. The third-order valence-corrected chi connectivity index (χ3v) is 3.95. The summed E-state index contributed by atoms with van der Waals surface area (Å²) >= 11 is 1.89. The van der Waals surface area contributed by atoms with Gasteiger partial charge in [-0.3, -0.25) is 5.32 Å². The first-order valence-corrected chi connectivity index (χ1v) is 6.85. The maximum absolute atomic E-state index is 9.42. The minimum atomic E-state index is -0.275. The maximum atomic E-state index is 9.42. The van der Waals surface area contributed by atoms with E-state index in [2.05, 4.69) is 39.1 Å². The van der Waals surface area contributed by atoms with E-state index >= 15 is 0 Å². The minimum absolute atomic E-state index is 0.275. The molecule has 0 radical (unpaired) electrons. The summed E-state index contributed by atoms with van der Waals surface area (Å²) in [5.74, 6) is 1.50. The van der Waals surface area contributed by atoms with E-state index in [1.165, 1.54) is 12.8 Å². The van der Waals surface area contributed by atoms with Gasteiger partial charge >= 0.3 is 0 Å². The van der Waals surface area contributed by atoms with E-state index in [1.54, 1.807) is 0 Å². The van der Waals surface area contributed by atoms with Gasteiger partial charge < -0.3 is 0 Å². The Morgan fingerprint density at radius 2 is 2.00 bits per heavy atom. The predicted octanol–water partition coefficient (Wildman–Crippen LogP) is 2.80. The van der Waals surface area contributed by atoms with Gasteiger partial charge in [0.05, 0.1) is 6.07 Å². The van der Waals surface area contributed by atoms with Gasteiger partial charge in [-0.15, -0.1) is 0 Å². The van der Waals surface area contributed by atoms with Crippen LogP contribution in [0.4, 0.5) is 0 Å². The lowest BCUT2D eigenvalue weighted by atomic mass is 9.96. The van der Waals surface area contributed by atoms with Gasteiger partial charge in [0.25, 0.3) is 0 Å². The molecule has 3 heteroatoms. The number of hydrogen-bond acceptors (Lipinski definition) is 3. The molecule has 0 aromatic carbocycles. The summed E-state index contributed by atoms with van der Waals surface area (Å²) < 4.78 is 0. The second-order valence-corrected chi connectivity index (χ2v) is 6.58. The van der Waals surface area contributed by atoms with E-state index in [-0.39, 0.29) is 5.54 Å². The summed E-state index contributed by atoms with van der Waals surface area (Å²) in [5, 5.41) is 13.5. The number of nitrogens with one attached hydrogen (secondary N) is 1. The van der Waals surface area contributed by atoms with Gasteiger partial charge in [0, 0.05) is 11.8 Å². The van der Waals surface area contributed by atoms with Crippen molar-refractivity contribution < 1.29 is 0 Å². The fourth-order valence-corrected chi connectivity index (χ4v) is 2.80. The minimum Gasteiger partial charge on any atom is -0.296 e. The molecule has 1 rings (SSSR count). The van der Waals surface area contributed by atoms with Crippen LogP contribution in [0.5, 0.6) is 0 Å². The summed E-state index contributed by atoms with van der Waals surface area (Å²) in [6, 6.07) is 2.92. The molecular formula is C12H22N2S. The molecule has 0 aromatic heterocycles. The van der Waals surface area contributed by atoms with Gasteiger partial charge in [-0.05, 0) is 37.9 Å². The lowest BCUT2D eigenvalue weighted by Gasteiger charge is -2.30. The van der Waals surface area contributed by atoms with Crippen LogP contribution in [0.3, 0.4) is 0 Å². The van der Waals surface area contributed by atoms with Gasteiger partial charge in [-0.25, -0.2) is 0 Å². The van der Waals surface area contributed by atoms with Crippen LogP contribution in [-0.4, -0.2) is 22.6 Å². The summed E-state index contributed by atoms with van der Waals surface area (Å²) in [6.07, 6.45) is 2.43.